The van der Waals surface area contributed by atoms with Gasteiger partial charge in [0.25, 0.3) is 0 Å². The van der Waals surface area contributed by atoms with E-state index in [4.69, 9.17) is 5.73 Å². The number of hydrogen-bond acceptors (Lipinski definition) is 2. The highest BCUT2D eigenvalue weighted by atomic mass is 16.2. The average Bonchev–Trinajstić information content (AvgIpc) is 2.44. The molecule has 1 aliphatic rings. The summed E-state index contributed by atoms with van der Waals surface area (Å²) in [6, 6.07) is 15.7. The van der Waals surface area contributed by atoms with Gasteiger partial charge in [-0.1, -0.05) is 36.4 Å². The number of nitrogen functional groups attached to an aromatic ring is 1. The lowest BCUT2D eigenvalue weighted by Gasteiger charge is -2.30. The number of benzene rings is 2. The smallest absolute Gasteiger partial charge is 0.228 e. The number of nitrogens with one attached hydrogen (secondary N) is 1. The molecule has 0 aromatic heterocycles. The molecule has 1 heterocycles. The number of carbonyl (C=O) groups is 1. The van der Waals surface area contributed by atoms with Crippen LogP contribution in [-0.2, 0) is 4.79 Å². The van der Waals surface area contributed by atoms with Crippen molar-refractivity contribution in [2.75, 3.05) is 5.73 Å². The second-order valence-electron chi connectivity index (χ2n) is 4.96. The van der Waals surface area contributed by atoms with Crippen LogP contribution in [0.1, 0.15) is 35.6 Å². The van der Waals surface area contributed by atoms with Gasteiger partial charge in [0.15, 0.2) is 0 Å². The Hall–Kier alpha value is -2.29. The van der Waals surface area contributed by atoms with E-state index in [1.165, 1.54) is 5.56 Å². The molecule has 3 rings (SSSR count). The molecular weight excluding hydrogens is 236 g/mol. The Labute approximate surface area is 112 Å². The third kappa shape index (κ3) is 1.97. The number of nitrogens with two attached hydrogens (primary N) is 1. The van der Waals surface area contributed by atoms with E-state index >= 15 is 0 Å². The maximum absolute atomic E-state index is 12.1. The van der Waals surface area contributed by atoms with E-state index in [0.29, 0.717) is 0 Å². The van der Waals surface area contributed by atoms with Crippen LogP contribution in [0.2, 0.25) is 0 Å². The van der Waals surface area contributed by atoms with Gasteiger partial charge < -0.3 is 11.1 Å². The first-order valence-electron chi connectivity index (χ1n) is 6.41. The first-order valence-corrected chi connectivity index (χ1v) is 6.41. The fourth-order valence-electron chi connectivity index (χ4n) is 2.61. The Bertz CT molecular complexity index is 619. The molecule has 1 amide bonds. The van der Waals surface area contributed by atoms with Crippen molar-refractivity contribution < 1.29 is 4.79 Å². The minimum absolute atomic E-state index is 0.0699. The molecule has 0 saturated heterocycles. The topological polar surface area (TPSA) is 55.1 Å². The van der Waals surface area contributed by atoms with Crippen LogP contribution < -0.4 is 11.1 Å². The number of hydrogen-bond donors (Lipinski definition) is 2. The quantitative estimate of drug-likeness (QED) is 0.766. The summed E-state index contributed by atoms with van der Waals surface area (Å²) in [6.07, 6.45) is 0. The van der Waals surface area contributed by atoms with Gasteiger partial charge in [0.05, 0.1) is 12.0 Å². The van der Waals surface area contributed by atoms with Gasteiger partial charge in [-0.2, -0.15) is 0 Å². The first kappa shape index (κ1) is 11.8. The second-order valence-corrected chi connectivity index (χ2v) is 4.96. The average molecular weight is 252 g/mol. The third-order valence-electron chi connectivity index (χ3n) is 3.72. The van der Waals surface area contributed by atoms with Gasteiger partial charge >= 0.3 is 0 Å². The summed E-state index contributed by atoms with van der Waals surface area (Å²) in [5.41, 5.74) is 9.77. The van der Waals surface area contributed by atoms with Gasteiger partial charge in [0.2, 0.25) is 5.91 Å². The molecule has 0 unspecified atom stereocenters. The van der Waals surface area contributed by atoms with Crippen molar-refractivity contribution >= 4 is 11.6 Å². The molecule has 0 aliphatic carbocycles. The number of fused-ring (bicyclic) bond motifs is 1. The molecule has 96 valence electrons. The van der Waals surface area contributed by atoms with Gasteiger partial charge in [0.1, 0.15) is 0 Å². The molecular formula is C16H16N2O. The van der Waals surface area contributed by atoms with Gasteiger partial charge in [-0.15, -0.1) is 0 Å². The van der Waals surface area contributed by atoms with Crippen molar-refractivity contribution in [1.29, 1.82) is 0 Å². The van der Waals surface area contributed by atoms with E-state index < -0.39 is 0 Å². The van der Waals surface area contributed by atoms with E-state index in [2.05, 4.69) is 11.4 Å². The molecule has 3 nitrogen and oxygen atoms in total. The maximum Gasteiger partial charge on any atom is 0.228 e. The number of rotatable bonds is 1. The van der Waals surface area contributed by atoms with Crippen molar-refractivity contribution in [2.45, 2.75) is 18.9 Å². The molecule has 19 heavy (non-hydrogen) atoms. The molecule has 3 N–H and O–H groups in total. The van der Waals surface area contributed by atoms with E-state index in [1.807, 2.05) is 49.4 Å². The first-order chi connectivity index (χ1) is 9.16. The summed E-state index contributed by atoms with van der Waals surface area (Å²) >= 11 is 0. The normalized spacial score (nSPS) is 21.6. The summed E-state index contributed by atoms with van der Waals surface area (Å²) in [4.78, 5) is 12.1. The van der Waals surface area contributed by atoms with Gasteiger partial charge in [-0.3, -0.25) is 4.79 Å². The molecule has 0 bridgehead atoms. The summed E-state index contributed by atoms with van der Waals surface area (Å²) in [7, 11) is 0. The Kier molecular flexibility index (Phi) is 2.75. The fourth-order valence-corrected chi connectivity index (χ4v) is 2.61. The zero-order valence-corrected chi connectivity index (χ0v) is 10.8. The van der Waals surface area contributed by atoms with Crippen LogP contribution in [-0.4, -0.2) is 5.91 Å². The van der Waals surface area contributed by atoms with Crippen LogP contribution in [0, 0.1) is 0 Å². The lowest BCUT2D eigenvalue weighted by molar-refractivity contribution is -0.123. The van der Waals surface area contributed by atoms with Gasteiger partial charge in [-0.05, 0) is 35.7 Å². The minimum Gasteiger partial charge on any atom is -0.399 e. The minimum atomic E-state index is -0.0961. The van der Waals surface area contributed by atoms with Crippen molar-refractivity contribution in [1.82, 2.24) is 5.32 Å². The Morgan fingerprint density at radius 2 is 1.63 bits per heavy atom. The summed E-state index contributed by atoms with van der Waals surface area (Å²) in [6.45, 7) is 1.94. The van der Waals surface area contributed by atoms with Crippen molar-refractivity contribution in [3.63, 3.8) is 0 Å². The summed E-state index contributed by atoms with van der Waals surface area (Å²) in [5, 5.41) is 3.08. The van der Waals surface area contributed by atoms with Crippen LogP contribution in [0.5, 0.6) is 0 Å². The molecule has 0 radical (unpaired) electrons. The number of anilines is 1. The predicted octanol–water partition coefficient (Wildman–Crippen LogP) is 2.59. The molecule has 2 aromatic rings. The standard InChI is InChI=1S/C16H16N2O/c1-10-13-4-2-3-5-14(13)15(18-16(10)19)11-6-8-12(17)9-7-11/h2-10,15H,17H2,1H3,(H,18,19)/t10-,15+/m0/s1. The monoisotopic (exact) mass is 252 g/mol. The Morgan fingerprint density at radius 1 is 1.00 bits per heavy atom. The molecule has 0 fully saturated rings. The van der Waals surface area contributed by atoms with Gasteiger partial charge in [0, 0.05) is 5.69 Å². The number of amides is 1. The maximum atomic E-state index is 12.1. The van der Waals surface area contributed by atoms with Crippen LogP contribution in [0.3, 0.4) is 0 Å². The lowest BCUT2D eigenvalue weighted by atomic mass is 9.84. The Morgan fingerprint density at radius 3 is 2.32 bits per heavy atom. The fraction of sp³-hybridized carbons (Fsp3) is 0.188. The highest BCUT2D eigenvalue weighted by Crippen LogP contribution is 2.34. The summed E-state index contributed by atoms with van der Waals surface area (Å²) in [5.74, 6) is -0.0262. The third-order valence-corrected chi connectivity index (χ3v) is 3.72. The zero-order valence-electron chi connectivity index (χ0n) is 10.8. The SMILES string of the molecule is C[C@@H]1C(=O)N[C@H](c2ccc(N)cc2)c2ccccc21. The van der Waals surface area contributed by atoms with Gasteiger partial charge in [-0.25, -0.2) is 0 Å². The molecule has 2 aromatic carbocycles. The zero-order chi connectivity index (χ0) is 13.4. The second kappa shape index (κ2) is 4.43. The molecule has 0 saturated carbocycles. The largest absolute Gasteiger partial charge is 0.399 e. The molecule has 2 atom stereocenters. The van der Waals surface area contributed by atoms with Crippen molar-refractivity contribution in [3.05, 3.63) is 65.2 Å². The van der Waals surface area contributed by atoms with E-state index in [-0.39, 0.29) is 17.9 Å². The molecule has 3 heteroatoms. The molecule has 0 spiro atoms. The lowest BCUT2D eigenvalue weighted by Crippen LogP contribution is -2.38. The van der Waals surface area contributed by atoms with Crippen LogP contribution in [0.15, 0.2) is 48.5 Å². The van der Waals surface area contributed by atoms with E-state index in [9.17, 15) is 4.79 Å². The van der Waals surface area contributed by atoms with Crippen LogP contribution in [0.25, 0.3) is 0 Å². The molecule has 1 aliphatic heterocycles. The van der Waals surface area contributed by atoms with Crippen molar-refractivity contribution in [2.24, 2.45) is 0 Å². The number of carbonyl (C=O) groups excluding carboxylic acids is 1. The van der Waals surface area contributed by atoms with Crippen LogP contribution in [0.4, 0.5) is 5.69 Å². The van der Waals surface area contributed by atoms with Crippen molar-refractivity contribution in [3.8, 4) is 0 Å². The van der Waals surface area contributed by atoms with Crippen LogP contribution >= 0.6 is 0 Å². The highest BCUT2D eigenvalue weighted by Gasteiger charge is 2.30. The van der Waals surface area contributed by atoms with E-state index in [1.54, 1.807) is 0 Å². The Balaban J connectivity index is 2.10. The summed E-state index contributed by atoms with van der Waals surface area (Å²) < 4.78 is 0. The predicted molar refractivity (Wildman–Crippen MR) is 75.7 cm³/mol. The van der Waals surface area contributed by atoms with E-state index in [0.717, 1.165) is 16.8 Å². The highest BCUT2D eigenvalue weighted by molar-refractivity contribution is 5.86.